The Labute approximate surface area is 130 Å². The average molecular weight is 347 g/mol. The number of rotatable bonds is 2. The summed E-state index contributed by atoms with van der Waals surface area (Å²) in [4.78, 5) is 28.2. The minimum atomic E-state index is -0.198. The van der Waals surface area contributed by atoms with E-state index in [0.29, 0.717) is 5.56 Å². The van der Waals surface area contributed by atoms with Crippen LogP contribution in [0.3, 0.4) is 0 Å². The first kappa shape index (κ1) is 14.1. The molecule has 21 heavy (non-hydrogen) atoms. The summed E-state index contributed by atoms with van der Waals surface area (Å²) in [5.41, 5.74) is 1.47. The van der Waals surface area contributed by atoms with Crippen LogP contribution in [0.5, 0.6) is 0 Å². The number of halogens is 1. The van der Waals surface area contributed by atoms with E-state index in [1.807, 2.05) is 23.1 Å². The number of likely N-dealkylation sites (tertiary alicyclic amines) is 1. The van der Waals surface area contributed by atoms with Gasteiger partial charge < -0.3 is 9.88 Å². The zero-order chi connectivity index (χ0) is 14.8. The fourth-order valence-corrected chi connectivity index (χ4v) is 3.20. The van der Waals surface area contributed by atoms with E-state index in [2.05, 4.69) is 27.0 Å². The molecule has 108 valence electrons. The predicted molar refractivity (Wildman–Crippen MR) is 84.2 cm³/mol. The van der Waals surface area contributed by atoms with Crippen molar-refractivity contribution in [2.75, 3.05) is 6.54 Å². The highest BCUT2D eigenvalue weighted by Gasteiger charge is 2.30. The minimum absolute atomic E-state index is 0.0336. The number of aromatic nitrogens is 1. The molecule has 1 aromatic heterocycles. The molecular weight excluding hydrogens is 332 g/mol. The summed E-state index contributed by atoms with van der Waals surface area (Å²) in [6.07, 6.45) is 3.44. The van der Waals surface area contributed by atoms with E-state index in [-0.39, 0.29) is 17.5 Å². The van der Waals surface area contributed by atoms with Gasteiger partial charge in [0.1, 0.15) is 0 Å². The molecule has 1 fully saturated rings. The molecule has 1 unspecified atom stereocenters. The first-order chi connectivity index (χ1) is 10.1. The average Bonchev–Trinajstić information content (AvgIpc) is 2.97. The van der Waals surface area contributed by atoms with E-state index in [0.717, 1.165) is 29.4 Å². The van der Waals surface area contributed by atoms with Gasteiger partial charge in [-0.3, -0.25) is 9.59 Å². The van der Waals surface area contributed by atoms with Gasteiger partial charge in [-0.1, -0.05) is 28.1 Å². The molecule has 1 atom stereocenters. The monoisotopic (exact) mass is 346 g/mol. The molecule has 0 bridgehead atoms. The van der Waals surface area contributed by atoms with Gasteiger partial charge in [-0.2, -0.15) is 0 Å². The van der Waals surface area contributed by atoms with Gasteiger partial charge in [0.15, 0.2) is 0 Å². The quantitative estimate of drug-likeness (QED) is 0.908. The molecule has 3 rings (SSSR count). The number of nitrogens with zero attached hydrogens (tertiary/aromatic N) is 1. The van der Waals surface area contributed by atoms with Crippen LogP contribution in [0, 0.1) is 0 Å². The number of carbonyl (C=O) groups excluding carboxylic acids is 1. The SMILES string of the molecule is O=C(c1ccc(=O)[nH]c1)N1CCCC1c1cccc(Br)c1. The summed E-state index contributed by atoms with van der Waals surface area (Å²) >= 11 is 3.48. The molecule has 1 aliphatic heterocycles. The minimum Gasteiger partial charge on any atom is -0.332 e. The largest absolute Gasteiger partial charge is 0.332 e. The lowest BCUT2D eigenvalue weighted by atomic mass is 10.0. The number of benzene rings is 1. The molecule has 5 heteroatoms. The summed E-state index contributed by atoms with van der Waals surface area (Å²) in [6, 6.07) is 11.1. The van der Waals surface area contributed by atoms with E-state index in [1.165, 1.54) is 12.3 Å². The van der Waals surface area contributed by atoms with Crippen LogP contribution in [-0.4, -0.2) is 22.3 Å². The molecule has 0 aliphatic carbocycles. The lowest BCUT2D eigenvalue weighted by Gasteiger charge is -2.25. The number of nitrogens with one attached hydrogen (secondary N) is 1. The molecule has 2 heterocycles. The van der Waals surface area contributed by atoms with Gasteiger partial charge in [-0.25, -0.2) is 0 Å². The van der Waals surface area contributed by atoms with Gasteiger partial charge >= 0.3 is 0 Å². The lowest BCUT2D eigenvalue weighted by Crippen LogP contribution is -2.31. The maximum Gasteiger partial charge on any atom is 0.255 e. The van der Waals surface area contributed by atoms with Gasteiger partial charge in [0, 0.05) is 23.3 Å². The van der Waals surface area contributed by atoms with Crippen molar-refractivity contribution in [3.8, 4) is 0 Å². The fraction of sp³-hybridized carbons (Fsp3) is 0.250. The number of hydrogen-bond acceptors (Lipinski definition) is 2. The van der Waals surface area contributed by atoms with Crippen LogP contribution in [0.1, 0.15) is 34.8 Å². The Morgan fingerprint density at radius 2 is 2.14 bits per heavy atom. The third kappa shape index (κ3) is 2.93. The molecule has 1 saturated heterocycles. The summed E-state index contributed by atoms with van der Waals surface area (Å²) in [6.45, 7) is 0.745. The van der Waals surface area contributed by atoms with Crippen molar-refractivity contribution in [3.05, 3.63) is 68.5 Å². The topological polar surface area (TPSA) is 53.2 Å². The lowest BCUT2D eigenvalue weighted by molar-refractivity contribution is 0.0735. The number of pyridine rings is 1. The molecule has 0 radical (unpaired) electrons. The van der Waals surface area contributed by atoms with E-state index < -0.39 is 0 Å². The summed E-state index contributed by atoms with van der Waals surface area (Å²) in [7, 11) is 0. The van der Waals surface area contributed by atoms with Gasteiger partial charge in [0.25, 0.3) is 5.91 Å². The Balaban J connectivity index is 1.88. The van der Waals surface area contributed by atoms with Crippen LogP contribution in [0.4, 0.5) is 0 Å². The number of aromatic amines is 1. The molecule has 1 aromatic carbocycles. The second-order valence-electron chi connectivity index (χ2n) is 5.15. The third-order valence-electron chi connectivity index (χ3n) is 3.78. The van der Waals surface area contributed by atoms with Crippen LogP contribution >= 0.6 is 15.9 Å². The molecule has 0 spiro atoms. The molecule has 1 aliphatic rings. The molecule has 4 nitrogen and oxygen atoms in total. The molecule has 0 saturated carbocycles. The number of hydrogen-bond donors (Lipinski definition) is 1. The van der Waals surface area contributed by atoms with Gasteiger partial charge in [-0.05, 0) is 36.6 Å². The van der Waals surface area contributed by atoms with E-state index in [4.69, 9.17) is 0 Å². The summed E-state index contributed by atoms with van der Waals surface area (Å²) < 4.78 is 1.02. The van der Waals surface area contributed by atoms with Crippen molar-refractivity contribution < 1.29 is 4.79 Å². The number of amides is 1. The molecule has 2 aromatic rings. The highest BCUT2D eigenvalue weighted by molar-refractivity contribution is 9.10. The summed E-state index contributed by atoms with van der Waals surface area (Å²) in [5.74, 6) is -0.0336. The normalized spacial score (nSPS) is 18.0. The molecule has 1 amide bonds. The van der Waals surface area contributed by atoms with Crippen molar-refractivity contribution in [1.82, 2.24) is 9.88 Å². The third-order valence-corrected chi connectivity index (χ3v) is 4.27. The Morgan fingerprint density at radius 3 is 2.86 bits per heavy atom. The van der Waals surface area contributed by atoms with Gasteiger partial charge in [0.2, 0.25) is 5.56 Å². The van der Waals surface area contributed by atoms with Crippen LogP contribution < -0.4 is 5.56 Å². The van der Waals surface area contributed by atoms with E-state index in [1.54, 1.807) is 6.07 Å². The Bertz CT molecular complexity index is 706. The van der Waals surface area contributed by atoms with Crippen molar-refractivity contribution in [2.45, 2.75) is 18.9 Å². The maximum absolute atomic E-state index is 12.6. The standard InChI is InChI=1S/C16H15BrN2O2/c17-13-4-1-3-11(9-13)14-5-2-8-19(14)16(21)12-6-7-15(20)18-10-12/h1,3-4,6-7,9-10,14H,2,5,8H2,(H,18,20). The second kappa shape index (κ2) is 5.85. The Kier molecular flexibility index (Phi) is 3.92. The molecule has 1 N–H and O–H groups in total. The van der Waals surface area contributed by atoms with Crippen molar-refractivity contribution in [2.24, 2.45) is 0 Å². The van der Waals surface area contributed by atoms with E-state index >= 15 is 0 Å². The van der Waals surface area contributed by atoms with Crippen molar-refractivity contribution in [1.29, 1.82) is 0 Å². The summed E-state index contributed by atoms with van der Waals surface area (Å²) in [5, 5.41) is 0. The van der Waals surface area contributed by atoms with Crippen molar-refractivity contribution >= 4 is 21.8 Å². The van der Waals surface area contributed by atoms with Crippen LogP contribution in [0.15, 0.2) is 51.9 Å². The van der Waals surface area contributed by atoms with Crippen LogP contribution in [0.2, 0.25) is 0 Å². The zero-order valence-corrected chi connectivity index (χ0v) is 13.0. The smallest absolute Gasteiger partial charge is 0.255 e. The second-order valence-corrected chi connectivity index (χ2v) is 6.07. The number of H-pyrrole nitrogens is 1. The maximum atomic E-state index is 12.6. The highest BCUT2D eigenvalue weighted by atomic mass is 79.9. The van der Waals surface area contributed by atoms with Gasteiger partial charge in [-0.15, -0.1) is 0 Å². The van der Waals surface area contributed by atoms with Crippen LogP contribution in [-0.2, 0) is 0 Å². The first-order valence-electron chi connectivity index (χ1n) is 6.90. The van der Waals surface area contributed by atoms with Crippen LogP contribution in [0.25, 0.3) is 0 Å². The Morgan fingerprint density at radius 1 is 1.29 bits per heavy atom. The highest BCUT2D eigenvalue weighted by Crippen LogP contribution is 2.33. The Hall–Kier alpha value is -1.88. The van der Waals surface area contributed by atoms with Crippen molar-refractivity contribution in [3.63, 3.8) is 0 Å². The van der Waals surface area contributed by atoms with E-state index in [9.17, 15) is 9.59 Å². The predicted octanol–water partition coefficient (Wildman–Crippen LogP) is 3.11. The fourth-order valence-electron chi connectivity index (χ4n) is 2.78. The number of carbonyl (C=O) groups is 1. The van der Waals surface area contributed by atoms with Gasteiger partial charge in [0.05, 0.1) is 11.6 Å². The first-order valence-corrected chi connectivity index (χ1v) is 7.69. The molecular formula is C16H15BrN2O2. The zero-order valence-electron chi connectivity index (χ0n) is 11.4.